The number of rotatable bonds is 3. The van der Waals surface area contributed by atoms with E-state index in [1.165, 1.54) is 22.4 Å². The summed E-state index contributed by atoms with van der Waals surface area (Å²) in [5.41, 5.74) is 8.91. The Morgan fingerprint density at radius 3 is 2.55 bits per heavy atom. The molecule has 1 atom stereocenters. The first-order valence-corrected chi connectivity index (χ1v) is 11.6. The van der Waals surface area contributed by atoms with Crippen molar-refractivity contribution in [1.29, 1.82) is 0 Å². The fourth-order valence-electron chi connectivity index (χ4n) is 5.39. The zero-order chi connectivity index (χ0) is 23.2. The van der Waals surface area contributed by atoms with E-state index < -0.39 is 0 Å². The van der Waals surface area contributed by atoms with Crippen LogP contribution in [0.2, 0.25) is 0 Å². The van der Waals surface area contributed by atoms with E-state index >= 15 is 0 Å². The highest BCUT2D eigenvalue weighted by molar-refractivity contribution is 5.82. The van der Waals surface area contributed by atoms with Gasteiger partial charge in [0.25, 0.3) is 0 Å². The van der Waals surface area contributed by atoms with Crippen molar-refractivity contribution in [3.63, 3.8) is 0 Å². The van der Waals surface area contributed by atoms with Crippen LogP contribution in [0, 0.1) is 17.9 Å². The zero-order valence-corrected chi connectivity index (χ0v) is 19.8. The van der Waals surface area contributed by atoms with Crippen molar-refractivity contribution in [2.75, 3.05) is 19.0 Å². The third-order valence-electron chi connectivity index (χ3n) is 7.16. The van der Waals surface area contributed by atoms with E-state index in [0.717, 1.165) is 35.9 Å². The number of allylic oxidation sites excluding steroid dienone is 5. The molecule has 1 unspecified atom stereocenters. The third kappa shape index (κ3) is 3.89. The summed E-state index contributed by atoms with van der Waals surface area (Å²) in [6.45, 7) is 12.6. The standard InChI is InChI=1S/C29H30N4/c1-29(2)18-22(27(30-3)28-31-25-8-6-7-9-26(25)32-28)17-21-16-20(12-15-24(21)29)19-10-13-23(14-11-19)33(4)5/h6-11,13-14,16-17,24H,12,15,18H2,1-2,4-5H3,(H,31,32). The van der Waals surface area contributed by atoms with Crippen LogP contribution in [0.3, 0.4) is 0 Å². The molecule has 0 bridgehead atoms. The average Bonchev–Trinajstić information content (AvgIpc) is 3.22. The highest BCUT2D eigenvalue weighted by atomic mass is 15.1. The van der Waals surface area contributed by atoms with Crippen molar-refractivity contribution in [2.45, 2.75) is 33.1 Å². The van der Waals surface area contributed by atoms with Crippen LogP contribution in [0.5, 0.6) is 0 Å². The number of aromatic nitrogens is 2. The molecule has 2 aromatic carbocycles. The second kappa shape index (κ2) is 8.08. The summed E-state index contributed by atoms with van der Waals surface area (Å²) in [6, 6.07) is 16.8. The normalized spacial score (nSPS) is 21.0. The number of imidazole rings is 1. The number of H-pyrrole nitrogens is 1. The molecule has 1 aromatic heterocycles. The Labute approximate surface area is 196 Å². The molecular formula is C29H30N4. The lowest BCUT2D eigenvalue weighted by molar-refractivity contribution is 0.228. The summed E-state index contributed by atoms with van der Waals surface area (Å²) in [6.07, 6.45) is 7.76. The maximum atomic E-state index is 7.96. The van der Waals surface area contributed by atoms with Crippen LogP contribution >= 0.6 is 0 Å². The van der Waals surface area contributed by atoms with Gasteiger partial charge >= 0.3 is 0 Å². The number of para-hydroxylation sites is 2. The molecule has 0 spiro atoms. The van der Waals surface area contributed by atoms with Gasteiger partial charge in [0, 0.05) is 19.8 Å². The van der Waals surface area contributed by atoms with E-state index in [2.05, 4.69) is 79.1 Å². The summed E-state index contributed by atoms with van der Waals surface area (Å²) in [5, 5.41) is 0. The Balaban J connectivity index is 1.58. The molecule has 0 aliphatic heterocycles. The number of hydrogen-bond acceptors (Lipinski definition) is 2. The lowest BCUT2D eigenvalue weighted by atomic mass is 9.62. The van der Waals surface area contributed by atoms with Crippen LogP contribution < -0.4 is 4.90 Å². The molecule has 33 heavy (non-hydrogen) atoms. The van der Waals surface area contributed by atoms with E-state index in [-0.39, 0.29) is 5.41 Å². The Hall–Kier alpha value is -3.58. The first kappa shape index (κ1) is 21.3. The molecule has 1 heterocycles. The number of fused-ring (bicyclic) bond motifs is 2. The smallest absolute Gasteiger partial charge is 0.231 e. The van der Waals surface area contributed by atoms with Crippen LogP contribution in [0.25, 0.3) is 27.1 Å². The van der Waals surface area contributed by atoms with Gasteiger partial charge in [-0.05, 0) is 77.1 Å². The molecule has 0 saturated heterocycles. The van der Waals surface area contributed by atoms with Crippen LogP contribution in [-0.2, 0) is 0 Å². The fourth-order valence-corrected chi connectivity index (χ4v) is 5.39. The largest absolute Gasteiger partial charge is 0.378 e. The minimum Gasteiger partial charge on any atom is -0.378 e. The maximum Gasteiger partial charge on any atom is 0.231 e. The van der Waals surface area contributed by atoms with Gasteiger partial charge < -0.3 is 9.88 Å². The van der Waals surface area contributed by atoms with E-state index in [0.29, 0.717) is 17.4 Å². The molecule has 0 radical (unpaired) electrons. The van der Waals surface area contributed by atoms with Gasteiger partial charge in [0.15, 0.2) is 0 Å². The third-order valence-corrected chi connectivity index (χ3v) is 7.16. The molecule has 2 aliphatic carbocycles. The van der Waals surface area contributed by atoms with Crippen molar-refractivity contribution in [2.24, 2.45) is 11.3 Å². The predicted molar refractivity (Wildman–Crippen MR) is 138 cm³/mol. The lowest BCUT2D eigenvalue weighted by Crippen LogP contribution is -2.31. The Morgan fingerprint density at radius 2 is 1.85 bits per heavy atom. The summed E-state index contributed by atoms with van der Waals surface area (Å²) in [4.78, 5) is 14.2. The van der Waals surface area contributed by atoms with Crippen molar-refractivity contribution >= 4 is 28.0 Å². The molecule has 0 amide bonds. The minimum absolute atomic E-state index is 0.0954. The first-order chi connectivity index (χ1) is 15.9. The Kier molecular flexibility index (Phi) is 5.21. The number of aromatic amines is 1. The highest BCUT2D eigenvalue weighted by Gasteiger charge is 2.38. The van der Waals surface area contributed by atoms with E-state index in [4.69, 9.17) is 11.6 Å². The Bertz CT molecular complexity index is 1310. The number of benzene rings is 2. The highest BCUT2D eigenvalue weighted by Crippen LogP contribution is 2.51. The van der Waals surface area contributed by atoms with Crippen LogP contribution in [0.4, 0.5) is 5.69 Å². The minimum atomic E-state index is 0.0954. The Morgan fingerprint density at radius 1 is 1.09 bits per heavy atom. The fraction of sp³-hybridized carbons (Fsp3) is 0.310. The van der Waals surface area contributed by atoms with Gasteiger partial charge in [0.1, 0.15) is 5.82 Å². The molecule has 5 rings (SSSR count). The second-order valence-corrected chi connectivity index (χ2v) is 10.1. The molecule has 0 saturated carbocycles. The average molecular weight is 435 g/mol. The predicted octanol–water partition coefficient (Wildman–Crippen LogP) is 7.11. The van der Waals surface area contributed by atoms with Crippen molar-refractivity contribution in [1.82, 2.24) is 9.97 Å². The molecule has 2 aliphatic rings. The SMILES string of the molecule is [C-]#[N+]C(=C1C=C2C=C(c3ccc(N(C)C)cc3)CCC2C(C)(C)C1)c1nc2ccccc2[nH]1. The molecular weight excluding hydrogens is 404 g/mol. The van der Waals surface area contributed by atoms with Crippen molar-refractivity contribution < 1.29 is 0 Å². The van der Waals surface area contributed by atoms with E-state index in [1.807, 2.05) is 24.3 Å². The second-order valence-electron chi connectivity index (χ2n) is 10.1. The molecule has 4 heteroatoms. The number of nitrogens with zero attached hydrogens (tertiary/aromatic N) is 3. The van der Waals surface area contributed by atoms with Gasteiger partial charge in [-0.1, -0.05) is 50.3 Å². The van der Waals surface area contributed by atoms with Gasteiger partial charge in [0.05, 0.1) is 17.6 Å². The summed E-state index contributed by atoms with van der Waals surface area (Å²) < 4.78 is 0. The summed E-state index contributed by atoms with van der Waals surface area (Å²) >= 11 is 0. The van der Waals surface area contributed by atoms with Gasteiger partial charge in [-0.2, -0.15) is 0 Å². The van der Waals surface area contributed by atoms with Gasteiger partial charge in [0.2, 0.25) is 5.70 Å². The van der Waals surface area contributed by atoms with Gasteiger partial charge in [-0.3, -0.25) is 0 Å². The summed E-state index contributed by atoms with van der Waals surface area (Å²) in [7, 11) is 4.14. The number of anilines is 1. The van der Waals surface area contributed by atoms with Crippen molar-refractivity contribution in [3.05, 3.63) is 94.6 Å². The first-order valence-electron chi connectivity index (χ1n) is 11.6. The van der Waals surface area contributed by atoms with Crippen LogP contribution in [0.1, 0.15) is 44.5 Å². The molecule has 1 N–H and O–H groups in total. The maximum absolute atomic E-state index is 7.96. The van der Waals surface area contributed by atoms with E-state index in [1.54, 1.807) is 0 Å². The molecule has 4 nitrogen and oxygen atoms in total. The molecule has 0 fully saturated rings. The topological polar surface area (TPSA) is 36.3 Å². The summed E-state index contributed by atoms with van der Waals surface area (Å²) in [5.74, 6) is 1.18. The van der Waals surface area contributed by atoms with Crippen molar-refractivity contribution in [3.8, 4) is 0 Å². The van der Waals surface area contributed by atoms with Crippen LogP contribution in [0.15, 0.2) is 71.8 Å². The van der Waals surface area contributed by atoms with Gasteiger partial charge in [-0.15, -0.1) is 0 Å². The molecule has 3 aromatic rings. The number of hydrogen-bond donors (Lipinski definition) is 1. The van der Waals surface area contributed by atoms with E-state index in [9.17, 15) is 0 Å². The van der Waals surface area contributed by atoms with Crippen LogP contribution in [-0.4, -0.2) is 24.1 Å². The monoisotopic (exact) mass is 434 g/mol. The van der Waals surface area contributed by atoms with Gasteiger partial charge in [-0.25, -0.2) is 9.83 Å². The quantitative estimate of drug-likeness (QED) is 0.446. The lowest BCUT2D eigenvalue weighted by Gasteiger charge is -2.42. The zero-order valence-electron chi connectivity index (χ0n) is 19.8. The molecule has 166 valence electrons. The number of nitrogens with one attached hydrogen (secondary N) is 1.